The lowest BCUT2D eigenvalue weighted by Crippen LogP contribution is -2.44. The summed E-state index contributed by atoms with van der Waals surface area (Å²) in [7, 11) is 1.83. The second-order valence-corrected chi connectivity index (χ2v) is 7.26. The summed E-state index contributed by atoms with van der Waals surface area (Å²) >= 11 is 0. The van der Waals surface area contributed by atoms with Gasteiger partial charge in [-0.1, -0.05) is 0 Å². The van der Waals surface area contributed by atoms with Gasteiger partial charge in [-0.15, -0.1) is 0 Å². The Bertz CT molecular complexity index is 1200. The number of carboxylic acid groups (broad SMARTS) is 1. The van der Waals surface area contributed by atoms with Crippen LogP contribution in [-0.4, -0.2) is 55.9 Å². The van der Waals surface area contributed by atoms with Crippen LogP contribution in [-0.2, 0) is 16.1 Å². The molecule has 3 aromatic rings. The molecule has 33 heavy (non-hydrogen) atoms. The lowest BCUT2D eigenvalue weighted by molar-refractivity contribution is -0.137. The third kappa shape index (κ3) is 5.78. The first kappa shape index (κ1) is 23.1. The minimum atomic E-state index is -1.08. The molecule has 2 aromatic heterocycles. The normalized spacial score (nSPS) is 11.7. The SMILES string of the molecule is CN(Cc1cnc2nc(N)nc(N)c2n1)c1ccc(C(=O)NC(CCC(=O)O)C(N)=O)cc1. The molecule has 1 aromatic carbocycles. The van der Waals surface area contributed by atoms with E-state index in [9.17, 15) is 14.4 Å². The smallest absolute Gasteiger partial charge is 0.303 e. The van der Waals surface area contributed by atoms with Gasteiger partial charge in [-0.05, 0) is 30.7 Å². The molecule has 8 N–H and O–H groups in total. The molecule has 0 aliphatic carbocycles. The summed E-state index contributed by atoms with van der Waals surface area (Å²) < 4.78 is 0. The van der Waals surface area contributed by atoms with Crippen LogP contribution in [0.4, 0.5) is 17.5 Å². The van der Waals surface area contributed by atoms with E-state index >= 15 is 0 Å². The zero-order valence-electron chi connectivity index (χ0n) is 17.7. The lowest BCUT2D eigenvalue weighted by atomic mass is 10.1. The molecule has 13 nitrogen and oxygen atoms in total. The summed E-state index contributed by atoms with van der Waals surface area (Å²) in [6, 6.07) is 5.53. The number of carbonyl (C=O) groups excluding carboxylic acids is 2. The number of carboxylic acids is 1. The Morgan fingerprint density at radius 3 is 2.45 bits per heavy atom. The fraction of sp³-hybridized carbons (Fsp3) is 0.250. The number of aromatic nitrogens is 4. The van der Waals surface area contributed by atoms with E-state index in [2.05, 4.69) is 25.3 Å². The number of carbonyl (C=O) groups is 3. The molecule has 0 saturated carbocycles. The number of nitrogens with zero attached hydrogens (tertiary/aromatic N) is 5. The highest BCUT2D eigenvalue weighted by atomic mass is 16.4. The van der Waals surface area contributed by atoms with Gasteiger partial charge in [0.2, 0.25) is 11.9 Å². The van der Waals surface area contributed by atoms with Gasteiger partial charge in [0.15, 0.2) is 17.0 Å². The summed E-state index contributed by atoms with van der Waals surface area (Å²) in [4.78, 5) is 53.1. The Balaban J connectivity index is 1.67. The first-order valence-corrected chi connectivity index (χ1v) is 9.82. The largest absolute Gasteiger partial charge is 0.481 e. The summed E-state index contributed by atoms with van der Waals surface area (Å²) in [5.74, 6) is -2.26. The Kier molecular flexibility index (Phi) is 6.81. The van der Waals surface area contributed by atoms with Gasteiger partial charge in [0.1, 0.15) is 6.04 Å². The summed E-state index contributed by atoms with van der Waals surface area (Å²) in [5, 5.41) is 11.2. The third-order valence-corrected chi connectivity index (χ3v) is 4.77. The molecule has 2 amide bonds. The molecule has 1 atom stereocenters. The van der Waals surface area contributed by atoms with Gasteiger partial charge in [0, 0.05) is 24.7 Å². The van der Waals surface area contributed by atoms with Crippen molar-refractivity contribution in [2.45, 2.75) is 25.4 Å². The molecule has 172 valence electrons. The number of fused-ring (bicyclic) bond motifs is 1. The molecule has 0 saturated heterocycles. The lowest BCUT2D eigenvalue weighted by Gasteiger charge is -2.19. The van der Waals surface area contributed by atoms with E-state index in [0.29, 0.717) is 29.0 Å². The van der Waals surface area contributed by atoms with Gasteiger partial charge in [0.25, 0.3) is 5.91 Å². The second kappa shape index (κ2) is 9.72. The van der Waals surface area contributed by atoms with Crippen molar-refractivity contribution in [3.8, 4) is 0 Å². The number of nitrogens with one attached hydrogen (secondary N) is 1. The van der Waals surface area contributed by atoms with Gasteiger partial charge < -0.3 is 32.5 Å². The van der Waals surface area contributed by atoms with Crippen LogP contribution in [0.15, 0.2) is 30.5 Å². The molecule has 0 spiro atoms. The highest BCUT2D eigenvalue weighted by Gasteiger charge is 2.20. The maximum Gasteiger partial charge on any atom is 0.303 e. The molecule has 3 rings (SSSR count). The van der Waals surface area contributed by atoms with E-state index in [1.165, 1.54) is 0 Å². The van der Waals surface area contributed by atoms with Crippen molar-refractivity contribution in [3.05, 3.63) is 41.7 Å². The molecular weight excluding hydrogens is 430 g/mol. The molecule has 1 unspecified atom stereocenters. The van der Waals surface area contributed by atoms with Crippen LogP contribution in [0.3, 0.4) is 0 Å². The molecule has 0 bridgehead atoms. The number of nitrogen functional groups attached to an aromatic ring is 2. The van der Waals surface area contributed by atoms with Crippen LogP contribution < -0.4 is 27.4 Å². The Morgan fingerprint density at radius 2 is 1.82 bits per heavy atom. The minimum Gasteiger partial charge on any atom is -0.481 e. The van der Waals surface area contributed by atoms with Crippen LogP contribution in [0.1, 0.15) is 28.9 Å². The van der Waals surface area contributed by atoms with E-state index in [1.54, 1.807) is 30.5 Å². The first-order valence-electron chi connectivity index (χ1n) is 9.82. The molecule has 0 fully saturated rings. The van der Waals surface area contributed by atoms with E-state index in [1.807, 2.05) is 11.9 Å². The quantitative estimate of drug-likeness (QED) is 0.282. The molecule has 0 radical (unpaired) electrons. The predicted octanol–water partition coefficient (Wildman–Crippen LogP) is -0.331. The standard InChI is InChI=1S/C20H23N9O4/c1-29(9-11-8-24-18-15(25-11)16(21)27-20(23)28-18)12-4-2-10(3-5-12)19(33)26-13(17(22)32)6-7-14(30)31/h2-5,8,13H,6-7,9H2,1H3,(H2,22,32)(H,26,33)(H,30,31)(H4,21,23,24,27,28). The number of rotatable bonds is 9. The molecule has 0 aliphatic heterocycles. The summed E-state index contributed by atoms with van der Waals surface area (Å²) in [5.41, 5.74) is 19.0. The fourth-order valence-electron chi connectivity index (χ4n) is 3.06. The number of nitrogens with two attached hydrogens (primary N) is 3. The van der Waals surface area contributed by atoms with Crippen molar-refractivity contribution in [2.24, 2.45) is 5.73 Å². The number of amides is 2. The maximum absolute atomic E-state index is 12.4. The zero-order valence-corrected chi connectivity index (χ0v) is 17.7. The monoisotopic (exact) mass is 453 g/mol. The highest BCUT2D eigenvalue weighted by Crippen LogP contribution is 2.19. The van der Waals surface area contributed by atoms with Crippen molar-refractivity contribution >= 4 is 46.4 Å². The average molecular weight is 453 g/mol. The Hall–Kier alpha value is -4.55. The first-order chi connectivity index (χ1) is 15.6. The van der Waals surface area contributed by atoms with E-state index in [0.717, 1.165) is 5.69 Å². The fourth-order valence-corrected chi connectivity index (χ4v) is 3.06. The van der Waals surface area contributed by atoms with E-state index in [4.69, 9.17) is 22.3 Å². The van der Waals surface area contributed by atoms with Gasteiger partial charge in [-0.2, -0.15) is 9.97 Å². The number of aliphatic carboxylic acids is 1. The molecule has 2 heterocycles. The van der Waals surface area contributed by atoms with Crippen molar-refractivity contribution in [1.29, 1.82) is 0 Å². The summed E-state index contributed by atoms with van der Waals surface area (Å²) in [6.07, 6.45) is 1.18. The van der Waals surface area contributed by atoms with Crippen molar-refractivity contribution in [1.82, 2.24) is 25.3 Å². The van der Waals surface area contributed by atoms with Gasteiger partial charge in [-0.25, -0.2) is 9.97 Å². The number of hydrogen-bond acceptors (Lipinski definition) is 10. The van der Waals surface area contributed by atoms with Crippen molar-refractivity contribution < 1.29 is 19.5 Å². The van der Waals surface area contributed by atoms with E-state index in [-0.39, 0.29) is 24.6 Å². The number of hydrogen-bond donors (Lipinski definition) is 5. The average Bonchev–Trinajstić information content (AvgIpc) is 2.76. The van der Waals surface area contributed by atoms with Gasteiger partial charge in [0.05, 0.1) is 18.4 Å². The van der Waals surface area contributed by atoms with Crippen molar-refractivity contribution in [3.63, 3.8) is 0 Å². The number of benzene rings is 1. The highest BCUT2D eigenvalue weighted by molar-refractivity contribution is 5.97. The van der Waals surface area contributed by atoms with Crippen molar-refractivity contribution in [2.75, 3.05) is 23.4 Å². The molecular formula is C20H23N9O4. The number of primary amides is 1. The van der Waals surface area contributed by atoms with Crippen LogP contribution in [0.2, 0.25) is 0 Å². The third-order valence-electron chi connectivity index (χ3n) is 4.77. The predicted molar refractivity (Wildman–Crippen MR) is 120 cm³/mol. The minimum absolute atomic E-state index is 0.0207. The van der Waals surface area contributed by atoms with Crippen LogP contribution in [0.25, 0.3) is 11.2 Å². The zero-order chi connectivity index (χ0) is 24.1. The van der Waals surface area contributed by atoms with E-state index < -0.39 is 23.8 Å². The van der Waals surface area contributed by atoms with Crippen LogP contribution in [0, 0.1) is 0 Å². The van der Waals surface area contributed by atoms with Crippen LogP contribution in [0.5, 0.6) is 0 Å². The second-order valence-electron chi connectivity index (χ2n) is 7.26. The number of anilines is 3. The summed E-state index contributed by atoms with van der Waals surface area (Å²) in [6.45, 7) is 0.386. The van der Waals surface area contributed by atoms with Gasteiger partial charge >= 0.3 is 5.97 Å². The van der Waals surface area contributed by atoms with Gasteiger partial charge in [-0.3, -0.25) is 14.4 Å². The maximum atomic E-state index is 12.4. The molecule has 13 heteroatoms. The topological polar surface area (TPSA) is 216 Å². The Labute approximate surface area is 188 Å². The van der Waals surface area contributed by atoms with Crippen LogP contribution >= 0.6 is 0 Å². The Morgan fingerprint density at radius 1 is 1.12 bits per heavy atom. The molecule has 0 aliphatic rings.